The van der Waals surface area contributed by atoms with Crippen molar-refractivity contribution in [3.8, 4) is 0 Å². The lowest BCUT2D eigenvalue weighted by Gasteiger charge is -2.06. The Labute approximate surface area is 92.9 Å². The van der Waals surface area contributed by atoms with E-state index < -0.39 is 5.97 Å². The summed E-state index contributed by atoms with van der Waals surface area (Å²) in [4.78, 5) is 10.7. The average molecular weight is 216 g/mol. The third kappa shape index (κ3) is 2.16. The minimum absolute atomic E-state index is 0.368. The van der Waals surface area contributed by atoms with Crippen LogP contribution in [0.15, 0.2) is 30.6 Å². The summed E-state index contributed by atoms with van der Waals surface area (Å²) in [6.07, 6.45) is 3.91. The van der Waals surface area contributed by atoms with Crippen molar-refractivity contribution in [2.75, 3.05) is 0 Å². The molecule has 16 heavy (non-hydrogen) atoms. The van der Waals surface area contributed by atoms with Crippen LogP contribution < -0.4 is 0 Å². The molecule has 0 spiro atoms. The van der Waals surface area contributed by atoms with E-state index in [1.165, 1.54) is 0 Å². The molecule has 0 bridgehead atoms. The van der Waals surface area contributed by atoms with Crippen LogP contribution >= 0.6 is 0 Å². The number of aromatic nitrogens is 2. The second kappa shape index (κ2) is 4.26. The van der Waals surface area contributed by atoms with Gasteiger partial charge in [-0.15, -0.1) is 0 Å². The molecular weight excluding hydrogens is 204 g/mol. The van der Waals surface area contributed by atoms with Gasteiger partial charge in [0.1, 0.15) is 0 Å². The Bertz CT molecular complexity index is 525. The predicted molar refractivity (Wildman–Crippen MR) is 60.0 cm³/mol. The lowest BCUT2D eigenvalue weighted by atomic mass is 10.00. The van der Waals surface area contributed by atoms with Gasteiger partial charge in [0.2, 0.25) is 0 Å². The van der Waals surface area contributed by atoms with Gasteiger partial charge in [0.05, 0.1) is 18.3 Å². The fraction of sp³-hybridized carbons (Fsp3) is 0.250. The molecule has 1 N–H and O–H groups in total. The number of benzene rings is 1. The molecular formula is C12H12N2O2. The van der Waals surface area contributed by atoms with Gasteiger partial charge in [0.25, 0.3) is 0 Å². The third-order valence-corrected chi connectivity index (χ3v) is 2.57. The maximum Gasteiger partial charge on any atom is 0.306 e. The quantitative estimate of drug-likeness (QED) is 0.851. The van der Waals surface area contributed by atoms with Crippen molar-refractivity contribution < 1.29 is 9.90 Å². The maximum absolute atomic E-state index is 10.7. The Kier molecular flexibility index (Phi) is 2.81. The van der Waals surface area contributed by atoms with Gasteiger partial charge in [0.15, 0.2) is 0 Å². The largest absolute Gasteiger partial charge is 0.481 e. The minimum atomic E-state index is -0.770. The summed E-state index contributed by atoms with van der Waals surface area (Å²) in [7, 11) is 0. The van der Waals surface area contributed by atoms with Crippen molar-refractivity contribution in [2.45, 2.75) is 13.3 Å². The third-order valence-electron chi connectivity index (χ3n) is 2.57. The van der Waals surface area contributed by atoms with Crippen molar-refractivity contribution in [1.29, 1.82) is 0 Å². The van der Waals surface area contributed by atoms with Gasteiger partial charge >= 0.3 is 5.97 Å². The monoisotopic (exact) mass is 216 g/mol. The molecule has 0 saturated carbocycles. The number of carbonyl (C=O) groups is 1. The van der Waals surface area contributed by atoms with E-state index in [4.69, 9.17) is 5.11 Å². The number of rotatable bonds is 3. The van der Waals surface area contributed by atoms with E-state index in [0.717, 1.165) is 16.3 Å². The summed E-state index contributed by atoms with van der Waals surface area (Å²) >= 11 is 0. The van der Waals surface area contributed by atoms with Gasteiger partial charge in [-0.25, -0.2) is 0 Å². The van der Waals surface area contributed by atoms with Gasteiger partial charge in [-0.2, -0.15) is 10.2 Å². The Balaban J connectivity index is 2.29. The number of aliphatic carboxylic acids is 1. The molecule has 4 heteroatoms. The highest BCUT2D eigenvalue weighted by molar-refractivity contribution is 5.81. The van der Waals surface area contributed by atoms with E-state index in [-0.39, 0.29) is 5.92 Å². The highest BCUT2D eigenvalue weighted by Gasteiger charge is 2.11. The van der Waals surface area contributed by atoms with Gasteiger partial charge in [0, 0.05) is 10.8 Å². The molecule has 0 aliphatic heterocycles. The van der Waals surface area contributed by atoms with E-state index in [0.29, 0.717) is 6.42 Å². The number of carboxylic acid groups (broad SMARTS) is 1. The number of fused-ring (bicyclic) bond motifs is 1. The van der Waals surface area contributed by atoms with Crippen molar-refractivity contribution in [3.63, 3.8) is 0 Å². The summed E-state index contributed by atoms with van der Waals surface area (Å²) < 4.78 is 0. The molecule has 4 nitrogen and oxygen atoms in total. The molecule has 0 saturated heterocycles. The van der Waals surface area contributed by atoms with Gasteiger partial charge in [-0.05, 0) is 18.1 Å². The van der Waals surface area contributed by atoms with Crippen LogP contribution in [0.4, 0.5) is 0 Å². The summed E-state index contributed by atoms with van der Waals surface area (Å²) in [5.74, 6) is -1.14. The number of hydrogen-bond donors (Lipinski definition) is 1. The molecule has 0 amide bonds. The molecule has 2 aromatic rings. The standard InChI is InChI=1S/C12H12N2O2/c1-8(12(15)16)4-9-2-3-10-6-13-14-7-11(10)5-9/h2-3,5-8H,4H2,1H3,(H,15,16). The van der Waals surface area contributed by atoms with Crippen LogP contribution in [0.2, 0.25) is 0 Å². The second-order valence-corrected chi connectivity index (χ2v) is 3.90. The van der Waals surface area contributed by atoms with Crippen LogP contribution in [0, 0.1) is 5.92 Å². The molecule has 2 rings (SSSR count). The molecule has 1 atom stereocenters. The molecule has 0 aliphatic carbocycles. The van der Waals surface area contributed by atoms with Crippen LogP contribution in [0.25, 0.3) is 10.8 Å². The Morgan fingerprint density at radius 3 is 2.69 bits per heavy atom. The fourth-order valence-electron chi connectivity index (χ4n) is 1.61. The smallest absolute Gasteiger partial charge is 0.306 e. The van der Waals surface area contributed by atoms with E-state index in [1.807, 2.05) is 18.2 Å². The Morgan fingerprint density at radius 1 is 1.31 bits per heavy atom. The van der Waals surface area contributed by atoms with Gasteiger partial charge < -0.3 is 5.11 Å². The van der Waals surface area contributed by atoms with Crippen LogP contribution in [-0.4, -0.2) is 21.3 Å². The molecule has 1 aromatic carbocycles. The van der Waals surface area contributed by atoms with Crippen molar-refractivity contribution in [3.05, 3.63) is 36.2 Å². The number of nitrogens with zero attached hydrogens (tertiary/aromatic N) is 2. The zero-order chi connectivity index (χ0) is 11.5. The van der Waals surface area contributed by atoms with Crippen LogP contribution in [-0.2, 0) is 11.2 Å². The highest BCUT2D eigenvalue weighted by atomic mass is 16.4. The van der Waals surface area contributed by atoms with Gasteiger partial charge in [-0.3, -0.25) is 4.79 Å². The number of carboxylic acids is 1. The Morgan fingerprint density at radius 2 is 2.00 bits per heavy atom. The lowest BCUT2D eigenvalue weighted by molar-refractivity contribution is -0.141. The van der Waals surface area contributed by atoms with E-state index >= 15 is 0 Å². The first-order valence-corrected chi connectivity index (χ1v) is 5.09. The zero-order valence-corrected chi connectivity index (χ0v) is 8.92. The molecule has 0 radical (unpaired) electrons. The van der Waals surface area contributed by atoms with Crippen LogP contribution in [0.1, 0.15) is 12.5 Å². The lowest BCUT2D eigenvalue weighted by Crippen LogP contribution is -2.12. The van der Waals surface area contributed by atoms with Crippen molar-refractivity contribution in [2.24, 2.45) is 5.92 Å². The minimum Gasteiger partial charge on any atom is -0.481 e. The SMILES string of the molecule is CC(Cc1ccc2cnncc2c1)C(=O)O. The van der Waals surface area contributed by atoms with E-state index in [2.05, 4.69) is 10.2 Å². The zero-order valence-electron chi connectivity index (χ0n) is 8.92. The number of hydrogen-bond acceptors (Lipinski definition) is 3. The van der Waals surface area contributed by atoms with Crippen molar-refractivity contribution in [1.82, 2.24) is 10.2 Å². The van der Waals surface area contributed by atoms with E-state index in [9.17, 15) is 4.79 Å². The maximum atomic E-state index is 10.7. The first kappa shape index (κ1) is 10.5. The molecule has 0 aliphatic rings. The fourth-order valence-corrected chi connectivity index (χ4v) is 1.61. The summed E-state index contributed by atoms with van der Waals surface area (Å²) in [6.45, 7) is 1.71. The van der Waals surface area contributed by atoms with Crippen molar-refractivity contribution >= 4 is 16.7 Å². The molecule has 1 aromatic heterocycles. The molecule has 0 fully saturated rings. The first-order chi connectivity index (χ1) is 7.66. The normalized spacial score (nSPS) is 12.6. The predicted octanol–water partition coefficient (Wildman–Crippen LogP) is 1.89. The van der Waals surface area contributed by atoms with Crippen LogP contribution in [0.3, 0.4) is 0 Å². The summed E-state index contributed by atoms with van der Waals surface area (Å²) in [6, 6.07) is 5.83. The molecule has 1 unspecified atom stereocenters. The van der Waals surface area contributed by atoms with E-state index in [1.54, 1.807) is 19.3 Å². The first-order valence-electron chi connectivity index (χ1n) is 5.09. The highest BCUT2D eigenvalue weighted by Crippen LogP contribution is 2.16. The summed E-state index contributed by atoms with van der Waals surface area (Å²) in [5, 5.41) is 18.4. The topological polar surface area (TPSA) is 63.1 Å². The van der Waals surface area contributed by atoms with Gasteiger partial charge in [-0.1, -0.05) is 19.1 Å². The average Bonchev–Trinajstić information content (AvgIpc) is 2.28. The summed E-state index contributed by atoms with van der Waals surface area (Å²) in [5.41, 5.74) is 1.01. The second-order valence-electron chi connectivity index (χ2n) is 3.90. The van der Waals surface area contributed by atoms with Crippen LogP contribution in [0.5, 0.6) is 0 Å². The molecule has 82 valence electrons. The molecule has 1 heterocycles. The Hall–Kier alpha value is -1.97.